The van der Waals surface area contributed by atoms with E-state index in [0.29, 0.717) is 5.82 Å². The number of thiophene rings is 1. The van der Waals surface area contributed by atoms with Crippen LogP contribution in [-0.4, -0.2) is 46.1 Å². The Kier molecular flexibility index (Phi) is 4.66. The van der Waals surface area contributed by atoms with Crippen LogP contribution in [0.5, 0.6) is 0 Å². The van der Waals surface area contributed by atoms with Gasteiger partial charge in [0.25, 0.3) is 0 Å². The Hall–Kier alpha value is -2.61. The highest BCUT2D eigenvalue weighted by Gasteiger charge is 2.11. The average molecular weight is 344 g/mol. The fourth-order valence-corrected chi connectivity index (χ4v) is 3.46. The molecule has 3 heterocycles. The summed E-state index contributed by atoms with van der Waals surface area (Å²) in [5.41, 5.74) is 8.73. The number of carbonyl (C=O) groups excluding carboxylic acids is 1. The van der Waals surface area contributed by atoms with Crippen LogP contribution in [0.3, 0.4) is 0 Å². The van der Waals surface area contributed by atoms with E-state index >= 15 is 0 Å². The maximum absolute atomic E-state index is 11.2. The Morgan fingerprint density at radius 2 is 2.29 bits per heavy atom. The molecule has 3 rings (SSSR count). The summed E-state index contributed by atoms with van der Waals surface area (Å²) in [6, 6.07) is 5.79. The number of nitrogens with one attached hydrogen (secondary N) is 2. The zero-order valence-corrected chi connectivity index (χ0v) is 14.5. The van der Waals surface area contributed by atoms with Crippen molar-refractivity contribution < 1.29 is 4.79 Å². The molecule has 7 nitrogen and oxygen atoms in total. The molecule has 0 aliphatic rings. The number of carbonyl (C=O) groups is 1. The van der Waals surface area contributed by atoms with Crippen molar-refractivity contribution in [2.45, 2.75) is 13.3 Å². The van der Waals surface area contributed by atoms with Crippen LogP contribution >= 0.6 is 11.3 Å². The lowest BCUT2D eigenvalue weighted by molar-refractivity contribution is -0.127. The van der Waals surface area contributed by atoms with Gasteiger partial charge in [-0.25, -0.2) is 4.98 Å². The Labute approximate surface area is 143 Å². The Morgan fingerprint density at radius 3 is 3.00 bits per heavy atom. The number of amides is 1. The van der Waals surface area contributed by atoms with Gasteiger partial charge in [0, 0.05) is 39.3 Å². The largest absolute Gasteiger partial charge is 0.384 e. The molecular weight excluding hydrogens is 324 g/mol. The number of hydrogen-bond acceptors (Lipinski definition) is 6. The number of anilines is 2. The predicted octanol–water partition coefficient (Wildman–Crippen LogP) is 2.55. The zero-order valence-electron chi connectivity index (χ0n) is 13.7. The first-order valence-corrected chi connectivity index (χ1v) is 8.51. The molecule has 0 atom stereocenters. The number of hydrogen-bond donors (Lipinski definition) is 3. The van der Waals surface area contributed by atoms with Crippen molar-refractivity contribution in [3.05, 3.63) is 24.4 Å². The Bertz CT molecular complexity index is 842. The topological polar surface area (TPSA) is 99.9 Å². The second-order valence-corrected chi connectivity index (χ2v) is 6.66. The second-order valence-electron chi connectivity index (χ2n) is 5.61. The van der Waals surface area contributed by atoms with Crippen molar-refractivity contribution in [1.29, 1.82) is 0 Å². The van der Waals surface area contributed by atoms with Crippen LogP contribution in [0, 0.1) is 0 Å². The van der Waals surface area contributed by atoms with E-state index < -0.39 is 0 Å². The molecule has 0 spiro atoms. The van der Waals surface area contributed by atoms with E-state index in [1.165, 1.54) is 0 Å². The summed E-state index contributed by atoms with van der Waals surface area (Å²) in [5.74, 6) is 0.563. The highest BCUT2D eigenvalue weighted by molar-refractivity contribution is 7.22. The minimum Gasteiger partial charge on any atom is -0.384 e. The van der Waals surface area contributed by atoms with E-state index in [1.54, 1.807) is 36.4 Å². The van der Waals surface area contributed by atoms with E-state index in [-0.39, 0.29) is 5.91 Å². The quantitative estimate of drug-likeness (QED) is 0.597. The van der Waals surface area contributed by atoms with Crippen molar-refractivity contribution in [3.8, 4) is 10.6 Å². The van der Waals surface area contributed by atoms with Gasteiger partial charge in [-0.1, -0.05) is 0 Å². The predicted molar refractivity (Wildman–Crippen MR) is 98.0 cm³/mol. The van der Waals surface area contributed by atoms with Crippen molar-refractivity contribution in [2.75, 3.05) is 31.2 Å². The smallest absolute Gasteiger partial charge is 0.219 e. The number of pyridine rings is 1. The fourth-order valence-electron chi connectivity index (χ4n) is 2.40. The summed E-state index contributed by atoms with van der Waals surface area (Å²) < 4.78 is 1.06. The van der Waals surface area contributed by atoms with E-state index in [1.807, 2.05) is 18.2 Å². The van der Waals surface area contributed by atoms with Crippen LogP contribution in [0.25, 0.3) is 20.8 Å². The highest BCUT2D eigenvalue weighted by Crippen LogP contribution is 2.36. The molecule has 0 radical (unpaired) electrons. The summed E-state index contributed by atoms with van der Waals surface area (Å²) in [5, 5.41) is 10.4. The number of fused-ring (bicyclic) bond motifs is 1. The van der Waals surface area contributed by atoms with Crippen molar-refractivity contribution in [2.24, 2.45) is 0 Å². The number of nitrogens with zero attached hydrogens (tertiary/aromatic N) is 3. The minimum atomic E-state index is 0.0769. The summed E-state index contributed by atoms with van der Waals surface area (Å²) >= 11 is 1.64. The Balaban J connectivity index is 1.76. The Morgan fingerprint density at radius 1 is 1.46 bits per heavy atom. The first-order chi connectivity index (χ1) is 11.5. The van der Waals surface area contributed by atoms with Crippen molar-refractivity contribution in [1.82, 2.24) is 20.1 Å². The van der Waals surface area contributed by atoms with Crippen LogP contribution in [0.15, 0.2) is 24.4 Å². The lowest BCUT2D eigenvalue weighted by Gasteiger charge is -2.15. The van der Waals surface area contributed by atoms with Gasteiger partial charge >= 0.3 is 0 Å². The van der Waals surface area contributed by atoms with Gasteiger partial charge in [0.2, 0.25) is 5.91 Å². The van der Waals surface area contributed by atoms with Gasteiger partial charge in [-0.2, -0.15) is 5.10 Å². The zero-order chi connectivity index (χ0) is 17.1. The molecule has 8 heteroatoms. The SMILES string of the molecule is CC(=O)N(C)CCCNc1cc(N)nc2cc(-c3ccn[nH]3)sc12. The van der Waals surface area contributed by atoms with Gasteiger partial charge in [-0.05, 0) is 18.6 Å². The maximum Gasteiger partial charge on any atom is 0.219 e. The molecule has 1 amide bonds. The molecule has 0 aliphatic heterocycles. The van der Waals surface area contributed by atoms with Crippen molar-refractivity contribution in [3.63, 3.8) is 0 Å². The number of aromatic amines is 1. The molecule has 126 valence electrons. The van der Waals surface area contributed by atoms with Gasteiger partial charge in [0.1, 0.15) is 5.82 Å². The number of nitrogens with two attached hydrogens (primary N) is 1. The summed E-state index contributed by atoms with van der Waals surface area (Å²) in [4.78, 5) is 18.4. The summed E-state index contributed by atoms with van der Waals surface area (Å²) in [6.45, 7) is 3.05. The molecule has 4 N–H and O–H groups in total. The van der Waals surface area contributed by atoms with Crippen LogP contribution < -0.4 is 11.1 Å². The number of aromatic nitrogens is 3. The van der Waals surface area contributed by atoms with Crippen molar-refractivity contribution >= 4 is 39.0 Å². The van der Waals surface area contributed by atoms with E-state index in [4.69, 9.17) is 5.73 Å². The average Bonchev–Trinajstić information content (AvgIpc) is 3.19. The van der Waals surface area contributed by atoms with E-state index in [9.17, 15) is 4.79 Å². The first kappa shape index (κ1) is 16.3. The third-order valence-corrected chi connectivity index (χ3v) is 4.98. The molecule has 0 unspecified atom stereocenters. The molecule has 3 aromatic rings. The van der Waals surface area contributed by atoms with Gasteiger partial charge in [0.15, 0.2) is 0 Å². The molecule has 0 aliphatic carbocycles. The molecule has 0 bridgehead atoms. The molecule has 0 saturated carbocycles. The fraction of sp³-hybridized carbons (Fsp3) is 0.312. The molecule has 3 aromatic heterocycles. The number of H-pyrrole nitrogens is 1. The normalized spacial score (nSPS) is 10.9. The van der Waals surface area contributed by atoms with Gasteiger partial charge in [0.05, 0.1) is 26.5 Å². The van der Waals surface area contributed by atoms with Crippen LogP contribution in [-0.2, 0) is 4.79 Å². The molecule has 24 heavy (non-hydrogen) atoms. The molecule has 0 aromatic carbocycles. The second kappa shape index (κ2) is 6.88. The van der Waals surface area contributed by atoms with E-state index in [2.05, 4.69) is 20.5 Å². The van der Waals surface area contributed by atoms with Gasteiger partial charge in [-0.3, -0.25) is 9.89 Å². The number of rotatable bonds is 6. The highest BCUT2D eigenvalue weighted by atomic mass is 32.1. The summed E-state index contributed by atoms with van der Waals surface area (Å²) in [7, 11) is 1.81. The third kappa shape index (κ3) is 3.48. The van der Waals surface area contributed by atoms with Crippen LogP contribution in [0.2, 0.25) is 0 Å². The maximum atomic E-state index is 11.2. The molecule has 0 fully saturated rings. The summed E-state index contributed by atoms with van der Waals surface area (Å²) in [6.07, 6.45) is 2.59. The van der Waals surface area contributed by atoms with Crippen LogP contribution in [0.1, 0.15) is 13.3 Å². The molecule has 0 saturated heterocycles. The van der Waals surface area contributed by atoms with Gasteiger partial charge < -0.3 is 16.0 Å². The molecular formula is C16H20N6OS. The third-order valence-electron chi connectivity index (χ3n) is 3.79. The first-order valence-electron chi connectivity index (χ1n) is 7.70. The number of nitrogen functional groups attached to an aromatic ring is 1. The van der Waals surface area contributed by atoms with E-state index in [0.717, 1.165) is 46.0 Å². The minimum absolute atomic E-state index is 0.0769. The monoisotopic (exact) mass is 344 g/mol. The standard InChI is InChI=1S/C16H20N6OS/c1-10(23)22(2)7-3-5-18-12-9-15(17)20-13-8-14(24-16(12)13)11-4-6-19-21-11/h4,6,8-9H,3,5,7H2,1-2H3,(H,19,21)(H3,17,18,20). The lowest BCUT2D eigenvalue weighted by Crippen LogP contribution is -2.26. The lowest BCUT2D eigenvalue weighted by atomic mass is 10.3. The van der Waals surface area contributed by atoms with Crippen LogP contribution in [0.4, 0.5) is 11.5 Å². The van der Waals surface area contributed by atoms with Gasteiger partial charge in [-0.15, -0.1) is 11.3 Å².